The van der Waals surface area contributed by atoms with Crippen LogP contribution in [-0.2, 0) is 5.60 Å². The molecule has 0 aromatic carbocycles. The summed E-state index contributed by atoms with van der Waals surface area (Å²) in [6.45, 7) is 1.79. The van der Waals surface area contributed by atoms with Crippen LogP contribution in [0.25, 0.3) is 0 Å². The van der Waals surface area contributed by atoms with Crippen molar-refractivity contribution in [3.8, 4) is 0 Å². The van der Waals surface area contributed by atoms with E-state index < -0.39 is 11.5 Å². The number of rotatable bonds is 1. The summed E-state index contributed by atoms with van der Waals surface area (Å²) in [6, 6.07) is 3.07. The van der Waals surface area contributed by atoms with Crippen molar-refractivity contribution in [3.05, 3.63) is 29.3 Å². The summed E-state index contributed by atoms with van der Waals surface area (Å²) in [7, 11) is 0. The van der Waals surface area contributed by atoms with E-state index in [2.05, 4.69) is 4.98 Å². The molecular formula is C14H18FNOS. The number of hydrogen-bond acceptors (Lipinski definition) is 3. The molecule has 98 valence electrons. The molecule has 1 N–H and O–H groups in total. The highest BCUT2D eigenvalue weighted by molar-refractivity contribution is 8.00. The van der Waals surface area contributed by atoms with Gasteiger partial charge in [0.15, 0.2) is 0 Å². The molecule has 18 heavy (non-hydrogen) atoms. The summed E-state index contributed by atoms with van der Waals surface area (Å²) in [5.74, 6) is -0.467. The molecule has 2 aliphatic rings. The molecular weight excluding hydrogens is 249 g/mol. The highest BCUT2D eigenvalue weighted by Crippen LogP contribution is 2.49. The molecule has 0 spiro atoms. The van der Waals surface area contributed by atoms with Crippen LogP contribution >= 0.6 is 11.8 Å². The fourth-order valence-corrected chi connectivity index (χ4v) is 5.25. The van der Waals surface area contributed by atoms with Gasteiger partial charge in [0.05, 0.1) is 5.60 Å². The second kappa shape index (κ2) is 4.49. The molecule has 0 amide bonds. The summed E-state index contributed by atoms with van der Waals surface area (Å²) < 4.78 is 13.1. The third-order valence-electron chi connectivity index (χ3n) is 4.12. The van der Waals surface area contributed by atoms with Crippen molar-refractivity contribution in [3.63, 3.8) is 0 Å². The first kappa shape index (κ1) is 12.4. The fraction of sp³-hybridized carbons (Fsp3) is 0.643. The zero-order valence-electron chi connectivity index (χ0n) is 10.5. The summed E-state index contributed by atoms with van der Waals surface area (Å²) in [5.41, 5.74) is 0.648. The van der Waals surface area contributed by atoms with Crippen LogP contribution in [0.1, 0.15) is 43.4 Å². The van der Waals surface area contributed by atoms with Crippen molar-refractivity contribution in [2.45, 2.75) is 55.1 Å². The van der Waals surface area contributed by atoms with Gasteiger partial charge in [-0.05, 0) is 44.7 Å². The predicted molar refractivity (Wildman–Crippen MR) is 71.1 cm³/mol. The summed E-state index contributed by atoms with van der Waals surface area (Å²) in [6.07, 6.45) is 5.22. The SMILES string of the molecule is Cc1nc(F)ccc1C1(O)CC2CCCC(C1)S2. The van der Waals surface area contributed by atoms with Crippen LogP contribution in [0.4, 0.5) is 4.39 Å². The minimum absolute atomic E-state index is 0.467. The Morgan fingerprint density at radius 2 is 2.00 bits per heavy atom. The van der Waals surface area contributed by atoms with Crippen LogP contribution in [0.3, 0.4) is 0 Å². The van der Waals surface area contributed by atoms with Gasteiger partial charge >= 0.3 is 0 Å². The van der Waals surface area contributed by atoms with Crippen LogP contribution < -0.4 is 0 Å². The number of aryl methyl sites for hydroxylation is 1. The second-order valence-electron chi connectivity index (χ2n) is 5.52. The largest absolute Gasteiger partial charge is 0.385 e. The molecule has 1 aromatic rings. The van der Waals surface area contributed by atoms with Crippen LogP contribution in [-0.4, -0.2) is 20.6 Å². The molecule has 4 heteroatoms. The molecule has 3 heterocycles. The lowest BCUT2D eigenvalue weighted by atomic mass is 9.80. The van der Waals surface area contributed by atoms with Crippen LogP contribution in [0.5, 0.6) is 0 Å². The first-order chi connectivity index (χ1) is 8.57. The number of pyridine rings is 1. The average Bonchev–Trinajstić information content (AvgIpc) is 2.27. The Morgan fingerprint density at radius 1 is 1.33 bits per heavy atom. The van der Waals surface area contributed by atoms with Crippen molar-refractivity contribution < 1.29 is 9.50 Å². The van der Waals surface area contributed by atoms with E-state index in [1.807, 2.05) is 11.8 Å². The smallest absolute Gasteiger partial charge is 0.213 e. The Bertz CT molecular complexity index is 453. The Kier molecular flexibility index (Phi) is 3.10. The van der Waals surface area contributed by atoms with Gasteiger partial charge in [0.1, 0.15) is 0 Å². The molecule has 2 fully saturated rings. The molecule has 2 nitrogen and oxygen atoms in total. The van der Waals surface area contributed by atoms with E-state index in [1.54, 1.807) is 13.0 Å². The van der Waals surface area contributed by atoms with E-state index in [0.29, 0.717) is 16.2 Å². The maximum absolute atomic E-state index is 13.1. The van der Waals surface area contributed by atoms with E-state index >= 15 is 0 Å². The van der Waals surface area contributed by atoms with Gasteiger partial charge in [-0.15, -0.1) is 0 Å². The maximum Gasteiger partial charge on any atom is 0.213 e. The van der Waals surface area contributed by atoms with Gasteiger partial charge in [-0.3, -0.25) is 0 Å². The average molecular weight is 267 g/mol. The summed E-state index contributed by atoms with van der Waals surface area (Å²) in [5, 5.41) is 12.0. The quantitative estimate of drug-likeness (QED) is 0.793. The number of nitrogens with zero attached hydrogens (tertiary/aromatic N) is 1. The van der Waals surface area contributed by atoms with Gasteiger partial charge in [0.25, 0.3) is 0 Å². The minimum Gasteiger partial charge on any atom is -0.385 e. The lowest BCUT2D eigenvalue weighted by Crippen LogP contribution is -2.41. The fourth-order valence-electron chi connectivity index (χ4n) is 3.36. The highest BCUT2D eigenvalue weighted by atomic mass is 32.2. The third-order valence-corrected chi connectivity index (χ3v) is 5.70. The van der Waals surface area contributed by atoms with E-state index in [-0.39, 0.29) is 0 Å². The Labute approximate surface area is 111 Å². The van der Waals surface area contributed by atoms with Crippen LogP contribution in [0.2, 0.25) is 0 Å². The molecule has 1 aromatic heterocycles. The van der Waals surface area contributed by atoms with E-state index in [4.69, 9.17) is 0 Å². The number of hydrogen-bond donors (Lipinski definition) is 1. The van der Waals surface area contributed by atoms with Crippen molar-refractivity contribution in [2.75, 3.05) is 0 Å². The zero-order valence-corrected chi connectivity index (χ0v) is 11.3. The number of fused-ring (bicyclic) bond motifs is 2. The van der Waals surface area contributed by atoms with Gasteiger partial charge in [-0.1, -0.05) is 6.42 Å². The Morgan fingerprint density at radius 3 is 2.61 bits per heavy atom. The molecule has 2 atom stereocenters. The summed E-state index contributed by atoms with van der Waals surface area (Å²) in [4.78, 5) is 3.85. The molecule has 0 saturated carbocycles. The molecule has 0 radical (unpaired) electrons. The highest BCUT2D eigenvalue weighted by Gasteiger charge is 2.43. The lowest BCUT2D eigenvalue weighted by Gasteiger charge is -2.44. The van der Waals surface area contributed by atoms with E-state index in [9.17, 15) is 9.50 Å². The van der Waals surface area contributed by atoms with E-state index in [1.165, 1.54) is 25.3 Å². The van der Waals surface area contributed by atoms with Crippen LogP contribution in [0.15, 0.2) is 12.1 Å². The Hall–Kier alpha value is -0.610. The number of halogens is 1. The standard InChI is InChI=1S/C14H18FNOS/c1-9-12(5-6-13(15)16-9)14(17)7-10-3-2-4-11(8-14)18-10/h5-6,10-11,17H,2-4,7-8H2,1H3. The van der Waals surface area contributed by atoms with Crippen molar-refractivity contribution in [1.29, 1.82) is 0 Å². The van der Waals surface area contributed by atoms with Crippen molar-refractivity contribution in [1.82, 2.24) is 4.98 Å². The predicted octanol–water partition coefficient (Wildman–Crippen LogP) is 3.16. The maximum atomic E-state index is 13.1. The summed E-state index contributed by atoms with van der Waals surface area (Å²) >= 11 is 2.02. The zero-order chi connectivity index (χ0) is 12.8. The minimum atomic E-state index is -0.800. The van der Waals surface area contributed by atoms with Gasteiger partial charge in [0, 0.05) is 21.8 Å². The van der Waals surface area contributed by atoms with Crippen molar-refractivity contribution >= 4 is 11.8 Å². The second-order valence-corrected chi connectivity index (χ2v) is 7.12. The number of aliphatic hydroxyl groups is 1. The topological polar surface area (TPSA) is 33.1 Å². The molecule has 3 rings (SSSR count). The number of aromatic nitrogens is 1. The molecule has 2 saturated heterocycles. The van der Waals surface area contributed by atoms with Gasteiger partial charge in [-0.25, -0.2) is 4.98 Å². The lowest BCUT2D eigenvalue weighted by molar-refractivity contribution is 0.00710. The van der Waals surface area contributed by atoms with E-state index in [0.717, 1.165) is 18.4 Å². The van der Waals surface area contributed by atoms with Crippen LogP contribution in [0, 0.1) is 12.9 Å². The molecule has 2 bridgehead atoms. The first-order valence-electron chi connectivity index (χ1n) is 6.58. The monoisotopic (exact) mass is 267 g/mol. The third kappa shape index (κ3) is 2.16. The Balaban J connectivity index is 1.94. The van der Waals surface area contributed by atoms with Gasteiger partial charge in [0.2, 0.25) is 5.95 Å². The molecule has 2 aliphatic heterocycles. The number of thioether (sulfide) groups is 1. The molecule has 0 aliphatic carbocycles. The first-order valence-corrected chi connectivity index (χ1v) is 7.52. The van der Waals surface area contributed by atoms with Gasteiger partial charge < -0.3 is 5.11 Å². The normalized spacial score (nSPS) is 35.5. The van der Waals surface area contributed by atoms with Crippen molar-refractivity contribution in [2.24, 2.45) is 0 Å². The van der Waals surface area contributed by atoms with Gasteiger partial charge in [-0.2, -0.15) is 16.2 Å². The molecule has 2 unspecified atom stereocenters.